The van der Waals surface area contributed by atoms with Crippen LogP contribution in [0.25, 0.3) is 0 Å². The third kappa shape index (κ3) is 5.85. The zero-order valence-corrected chi connectivity index (χ0v) is 12.2. The van der Waals surface area contributed by atoms with Gasteiger partial charge in [-0.1, -0.05) is 0 Å². The largest absolute Gasteiger partial charge is 0.469 e. The van der Waals surface area contributed by atoms with Crippen molar-refractivity contribution in [1.29, 1.82) is 0 Å². The molecule has 0 amide bonds. The van der Waals surface area contributed by atoms with E-state index in [2.05, 4.69) is 10.1 Å². The molecule has 0 aromatic heterocycles. The summed E-state index contributed by atoms with van der Waals surface area (Å²) in [5, 5.41) is 3.15. The van der Waals surface area contributed by atoms with Crippen LogP contribution in [0.5, 0.6) is 0 Å². The minimum absolute atomic E-state index is 0.0568. The highest BCUT2D eigenvalue weighted by atomic mass is 32.2. The summed E-state index contributed by atoms with van der Waals surface area (Å²) in [6.45, 7) is 2.38. The normalized spacial score (nSPS) is 20.5. The Hall–Kier alpha value is -0.700. The quantitative estimate of drug-likeness (QED) is 0.618. The standard InChI is InChI=1S/C11H22N2O5S/c1-13(9-10-8-12-5-6-18-10)19(15,16)7-3-4-11(14)17-2/h10,12H,3-9H2,1-2H3. The molecule has 8 heteroatoms. The van der Waals surface area contributed by atoms with Gasteiger partial charge in [-0.05, 0) is 6.42 Å². The van der Waals surface area contributed by atoms with Gasteiger partial charge in [-0.25, -0.2) is 12.7 Å². The molecule has 0 bridgehead atoms. The van der Waals surface area contributed by atoms with E-state index in [9.17, 15) is 13.2 Å². The van der Waals surface area contributed by atoms with Crippen LogP contribution in [-0.4, -0.2) is 70.9 Å². The minimum atomic E-state index is -3.35. The van der Waals surface area contributed by atoms with Crippen LogP contribution in [0.3, 0.4) is 0 Å². The van der Waals surface area contributed by atoms with E-state index < -0.39 is 16.0 Å². The van der Waals surface area contributed by atoms with Crippen molar-refractivity contribution < 1.29 is 22.7 Å². The molecule has 1 aliphatic rings. The fraction of sp³-hybridized carbons (Fsp3) is 0.909. The highest BCUT2D eigenvalue weighted by molar-refractivity contribution is 7.89. The van der Waals surface area contributed by atoms with E-state index in [0.29, 0.717) is 19.7 Å². The minimum Gasteiger partial charge on any atom is -0.469 e. The maximum absolute atomic E-state index is 12.0. The molecule has 0 radical (unpaired) electrons. The first kappa shape index (κ1) is 16.4. The summed E-state index contributed by atoms with van der Waals surface area (Å²) in [5.74, 6) is -0.448. The number of nitrogens with zero attached hydrogens (tertiary/aromatic N) is 1. The zero-order chi connectivity index (χ0) is 14.3. The molecule has 0 saturated carbocycles. The fourth-order valence-electron chi connectivity index (χ4n) is 1.79. The lowest BCUT2D eigenvalue weighted by molar-refractivity contribution is -0.140. The third-order valence-corrected chi connectivity index (χ3v) is 4.85. The molecule has 1 aliphatic heterocycles. The van der Waals surface area contributed by atoms with Crippen LogP contribution < -0.4 is 5.32 Å². The molecule has 0 aliphatic carbocycles. The maximum atomic E-state index is 12.0. The highest BCUT2D eigenvalue weighted by Crippen LogP contribution is 2.06. The van der Waals surface area contributed by atoms with Gasteiger partial charge in [0.1, 0.15) is 0 Å². The van der Waals surface area contributed by atoms with Crippen molar-refractivity contribution in [3.05, 3.63) is 0 Å². The number of sulfonamides is 1. The van der Waals surface area contributed by atoms with E-state index >= 15 is 0 Å². The van der Waals surface area contributed by atoms with Crippen molar-refractivity contribution in [1.82, 2.24) is 9.62 Å². The van der Waals surface area contributed by atoms with Gasteiger partial charge in [0.05, 0.1) is 25.6 Å². The topological polar surface area (TPSA) is 84.9 Å². The van der Waals surface area contributed by atoms with Crippen molar-refractivity contribution in [3.63, 3.8) is 0 Å². The first-order valence-electron chi connectivity index (χ1n) is 6.29. The Labute approximate surface area is 114 Å². The Kier molecular flexibility index (Phi) is 6.70. The zero-order valence-electron chi connectivity index (χ0n) is 11.4. The van der Waals surface area contributed by atoms with Crippen molar-refractivity contribution >= 4 is 16.0 Å². The molecule has 0 spiro atoms. The highest BCUT2D eigenvalue weighted by Gasteiger charge is 2.23. The van der Waals surface area contributed by atoms with Gasteiger partial charge >= 0.3 is 5.97 Å². The predicted molar refractivity (Wildman–Crippen MR) is 70.3 cm³/mol. The number of likely N-dealkylation sites (N-methyl/N-ethyl adjacent to an activating group) is 1. The van der Waals surface area contributed by atoms with Crippen LogP contribution in [0.4, 0.5) is 0 Å². The Morgan fingerprint density at radius 3 is 2.84 bits per heavy atom. The van der Waals surface area contributed by atoms with E-state index in [-0.39, 0.29) is 24.7 Å². The number of hydrogen-bond acceptors (Lipinski definition) is 6. The van der Waals surface area contributed by atoms with Crippen LogP contribution in [0.1, 0.15) is 12.8 Å². The van der Waals surface area contributed by atoms with E-state index in [4.69, 9.17) is 4.74 Å². The Morgan fingerprint density at radius 2 is 2.26 bits per heavy atom. The molecule has 1 fully saturated rings. The second kappa shape index (κ2) is 7.78. The van der Waals surface area contributed by atoms with Gasteiger partial charge in [0.2, 0.25) is 10.0 Å². The summed E-state index contributed by atoms with van der Waals surface area (Å²) in [4.78, 5) is 10.9. The molecule has 112 valence electrons. The van der Waals surface area contributed by atoms with Crippen LogP contribution in [0.15, 0.2) is 0 Å². The van der Waals surface area contributed by atoms with Gasteiger partial charge in [-0.2, -0.15) is 0 Å². The van der Waals surface area contributed by atoms with Gasteiger partial charge in [0.25, 0.3) is 0 Å². The number of carbonyl (C=O) groups excluding carboxylic acids is 1. The molecule has 1 saturated heterocycles. The summed E-state index contributed by atoms with van der Waals surface area (Å²) < 4.78 is 35.2. The van der Waals surface area contributed by atoms with Crippen molar-refractivity contribution in [2.75, 3.05) is 46.2 Å². The number of hydrogen-bond donors (Lipinski definition) is 1. The molecule has 1 N–H and O–H groups in total. The number of esters is 1. The summed E-state index contributed by atoms with van der Waals surface area (Å²) in [7, 11) is -0.525. The van der Waals surface area contributed by atoms with Crippen molar-refractivity contribution in [2.45, 2.75) is 18.9 Å². The molecular formula is C11H22N2O5S. The second-order valence-electron chi connectivity index (χ2n) is 4.47. The van der Waals surface area contributed by atoms with E-state index in [0.717, 1.165) is 6.54 Å². The number of methoxy groups -OCH3 is 1. The van der Waals surface area contributed by atoms with Gasteiger partial charge in [-0.15, -0.1) is 0 Å². The lowest BCUT2D eigenvalue weighted by atomic mass is 10.3. The van der Waals surface area contributed by atoms with Crippen molar-refractivity contribution in [2.24, 2.45) is 0 Å². The number of carbonyl (C=O) groups is 1. The molecule has 1 heterocycles. The number of rotatable bonds is 7. The lowest BCUT2D eigenvalue weighted by Crippen LogP contribution is -2.46. The molecule has 1 atom stereocenters. The molecule has 1 unspecified atom stereocenters. The Bertz CT molecular complexity index is 379. The van der Waals surface area contributed by atoms with E-state index in [1.54, 1.807) is 0 Å². The van der Waals surface area contributed by atoms with Crippen LogP contribution in [0.2, 0.25) is 0 Å². The molecule has 7 nitrogen and oxygen atoms in total. The summed E-state index contributed by atoms with van der Waals surface area (Å²) in [6, 6.07) is 0. The summed E-state index contributed by atoms with van der Waals surface area (Å²) in [5.41, 5.74) is 0. The monoisotopic (exact) mass is 294 g/mol. The van der Waals surface area contributed by atoms with Gasteiger partial charge < -0.3 is 14.8 Å². The lowest BCUT2D eigenvalue weighted by Gasteiger charge is -2.27. The molecule has 1 rings (SSSR count). The number of morpholine rings is 1. The predicted octanol–water partition coefficient (Wildman–Crippen LogP) is -0.810. The van der Waals surface area contributed by atoms with Crippen LogP contribution in [-0.2, 0) is 24.3 Å². The molecular weight excluding hydrogens is 272 g/mol. The average Bonchev–Trinajstić information content (AvgIpc) is 2.39. The first-order valence-corrected chi connectivity index (χ1v) is 7.90. The van der Waals surface area contributed by atoms with E-state index in [1.807, 2.05) is 0 Å². The summed E-state index contributed by atoms with van der Waals surface area (Å²) in [6.07, 6.45) is 0.267. The van der Waals surface area contributed by atoms with Crippen LogP contribution >= 0.6 is 0 Å². The van der Waals surface area contributed by atoms with Crippen molar-refractivity contribution in [3.8, 4) is 0 Å². The molecule has 0 aromatic rings. The maximum Gasteiger partial charge on any atom is 0.305 e. The average molecular weight is 294 g/mol. The molecule has 0 aromatic carbocycles. The molecule has 19 heavy (non-hydrogen) atoms. The van der Waals surface area contributed by atoms with Gasteiger partial charge in [0.15, 0.2) is 0 Å². The van der Waals surface area contributed by atoms with E-state index in [1.165, 1.54) is 18.5 Å². The van der Waals surface area contributed by atoms with Crippen LogP contribution in [0, 0.1) is 0 Å². The van der Waals surface area contributed by atoms with Gasteiger partial charge in [0, 0.05) is 33.1 Å². The third-order valence-electron chi connectivity index (χ3n) is 2.95. The smallest absolute Gasteiger partial charge is 0.305 e. The second-order valence-corrected chi connectivity index (χ2v) is 6.67. The Morgan fingerprint density at radius 1 is 1.53 bits per heavy atom. The first-order chi connectivity index (χ1) is 8.95. The van der Waals surface area contributed by atoms with Gasteiger partial charge in [-0.3, -0.25) is 4.79 Å². The number of ether oxygens (including phenoxy) is 2. The fourth-order valence-corrected chi connectivity index (χ4v) is 3.01. The Balaban J connectivity index is 2.35. The summed E-state index contributed by atoms with van der Waals surface area (Å²) >= 11 is 0. The SMILES string of the molecule is COC(=O)CCCS(=O)(=O)N(C)CC1CNCCO1. The number of nitrogens with one attached hydrogen (secondary N) is 1.